The summed E-state index contributed by atoms with van der Waals surface area (Å²) < 4.78 is 10.6. The number of aryl methyl sites for hydroxylation is 1. The Hall–Kier alpha value is -1.69. The lowest BCUT2D eigenvalue weighted by Gasteiger charge is -2.17. The van der Waals surface area contributed by atoms with E-state index in [0.29, 0.717) is 5.92 Å². The molecule has 18 heavy (non-hydrogen) atoms. The molecule has 0 fully saturated rings. The molecule has 1 atom stereocenters. The SMILES string of the molecule is COc1cc(C)c(CC(C#N)C(C)C)cc1OC. The molecule has 0 aromatic heterocycles. The first kappa shape index (κ1) is 14.4. The van der Waals surface area contributed by atoms with Crippen molar-refractivity contribution < 1.29 is 9.47 Å². The smallest absolute Gasteiger partial charge is 0.161 e. The summed E-state index contributed by atoms with van der Waals surface area (Å²) in [4.78, 5) is 0. The lowest BCUT2D eigenvalue weighted by atomic mass is 9.89. The van der Waals surface area contributed by atoms with Crippen molar-refractivity contribution in [3.05, 3.63) is 23.3 Å². The Morgan fingerprint density at radius 2 is 1.72 bits per heavy atom. The molecule has 1 rings (SSSR count). The highest BCUT2D eigenvalue weighted by atomic mass is 16.5. The van der Waals surface area contributed by atoms with Crippen molar-refractivity contribution in [1.82, 2.24) is 0 Å². The number of hydrogen-bond donors (Lipinski definition) is 0. The molecule has 0 saturated heterocycles. The first-order valence-corrected chi connectivity index (χ1v) is 6.14. The Morgan fingerprint density at radius 3 is 2.17 bits per heavy atom. The Balaban J connectivity index is 3.07. The van der Waals surface area contributed by atoms with Crippen LogP contribution in [-0.4, -0.2) is 14.2 Å². The monoisotopic (exact) mass is 247 g/mol. The van der Waals surface area contributed by atoms with Crippen LogP contribution in [-0.2, 0) is 6.42 Å². The van der Waals surface area contributed by atoms with Crippen molar-refractivity contribution in [3.63, 3.8) is 0 Å². The van der Waals surface area contributed by atoms with E-state index < -0.39 is 0 Å². The van der Waals surface area contributed by atoms with Crippen LogP contribution in [0.5, 0.6) is 11.5 Å². The highest BCUT2D eigenvalue weighted by molar-refractivity contribution is 5.47. The van der Waals surface area contributed by atoms with Crippen LogP contribution in [0, 0.1) is 30.1 Å². The third-order valence-corrected chi connectivity index (χ3v) is 3.25. The predicted molar refractivity (Wildman–Crippen MR) is 71.9 cm³/mol. The fourth-order valence-corrected chi connectivity index (χ4v) is 1.91. The van der Waals surface area contributed by atoms with Crippen molar-refractivity contribution in [2.45, 2.75) is 27.2 Å². The zero-order valence-corrected chi connectivity index (χ0v) is 11.8. The van der Waals surface area contributed by atoms with Crippen molar-refractivity contribution in [1.29, 1.82) is 5.26 Å². The first-order chi connectivity index (χ1) is 8.53. The maximum Gasteiger partial charge on any atom is 0.161 e. The van der Waals surface area contributed by atoms with Crippen LogP contribution in [0.15, 0.2) is 12.1 Å². The molecule has 3 nitrogen and oxygen atoms in total. The maximum absolute atomic E-state index is 9.17. The second kappa shape index (κ2) is 6.30. The van der Waals surface area contributed by atoms with Gasteiger partial charge in [-0.05, 0) is 42.5 Å². The fourth-order valence-electron chi connectivity index (χ4n) is 1.91. The van der Waals surface area contributed by atoms with E-state index >= 15 is 0 Å². The maximum atomic E-state index is 9.17. The summed E-state index contributed by atoms with van der Waals surface area (Å²) in [7, 11) is 3.25. The van der Waals surface area contributed by atoms with Gasteiger partial charge < -0.3 is 9.47 Å². The van der Waals surface area contributed by atoms with Crippen molar-refractivity contribution in [3.8, 4) is 17.6 Å². The van der Waals surface area contributed by atoms with Gasteiger partial charge in [0.1, 0.15) is 0 Å². The number of rotatable bonds is 5. The molecular weight excluding hydrogens is 226 g/mol. The van der Waals surface area contributed by atoms with E-state index in [-0.39, 0.29) is 5.92 Å². The number of benzene rings is 1. The molecule has 0 bridgehead atoms. The molecule has 0 radical (unpaired) electrons. The van der Waals surface area contributed by atoms with Crippen molar-refractivity contribution >= 4 is 0 Å². The number of methoxy groups -OCH3 is 2. The Labute approximate surface area is 109 Å². The molecule has 0 N–H and O–H groups in total. The van der Waals surface area contributed by atoms with Crippen LogP contribution in [0.2, 0.25) is 0 Å². The normalized spacial score (nSPS) is 12.1. The van der Waals surface area contributed by atoms with Crippen LogP contribution in [0.25, 0.3) is 0 Å². The molecular formula is C15H21NO2. The van der Waals surface area contributed by atoms with E-state index in [4.69, 9.17) is 14.7 Å². The summed E-state index contributed by atoms with van der Waals surface area (Å²) in [5, 5.41) is 9.17. The molecule has 0 aliphatic rings. The average molecular weight is 247 g/mol. The zero-order chi connectivity index (χ0) is 13.7. The molecule has 0 heterocycles. The standard InChI is InChI=1S/C15H21NO2/c1-10(2)13(9-16)7-12-8-15(18-5)14(17-4)6-11(12)3/h6,8,10,13H,7H2,1-5H3. The molecule has 0 saturated carbocycles. The summed E-state index contributed by atoms with van der Waals surface area (Å²) in [6, 6.07) is 6.31. The molecule has 0 aliphatic heterocycles. The second-order valence-corrected chi connectivity index (χ2v) is 4.82. The highest BCUT2D eigenvalue weighted by Crippen LogP contribution is 2.32. The van der Waals surface area contributed by atoms with E-state index in [1.54, 1.807) is 14.2 Å². The van der Waals surface area contributed by atoms with E-state index in [9.17, 15) is 0 Å². The molecule has 1 aromatic carbocycles. The van der Waals surface area contributed by atoms with Gasteiger partial charge in [-0.1, -0.05) is 13.8 Å². The summed E-state index contributed by atoms with van der Waals surface area (Å²) in [5.41, 5.74) is 2.28. The molecule has 1 unspecified atom stereocenters. The van der Waals surface area contributed by atoms with Gasteiger partial charge in [0.25, 0.3) is 0 Å². The van der Waals surface area contributed by atoms with E-state index in [2.05, 4.69) is 19.9 Å². The average Bonchev–Trinajstić information content (AvgIpc) is 2.36. The third-order valence-electron chi connectivity index (χ3n) is 3.25. The van der Waals surface area contributed by atoms with Crippen molar-refractivity contribution in [2.75, 3.05) is 14.2 Å². The molecule has 0 aliphatic carbocycles. The van der Waals surface area contributed by atoms with Crippen LogP contribution in [0.4, 0.5) is 0 Å². The van der Waals surface area contributed by atoms with Gasteiger partial charge >= 0.3 is 0 Å². The number of ether oxygens (including phenoxy) is 2. The van der Waals surface area contributed by atoms with Crippen LogP contribution in [0.1, 0.15) is 25.0 Å². The van der Waals surface area contributed by atoms with E-state index in [0.717, 1.165) is 29.0 Å². The first-order valence-electron chi connectivity index (χ1n) is 6.14. The molecule has 1 aromatic rings. The van der Waals surface area contributed by atoms with Gasteiger partial charge in [-0.15, -0.1) is 0 Å². The Kier molecular flexibility index (Phi) is 5.03. The van der Waals surface area contributed by atoms with Gasteiger partial charge in [0.2, 0.25) is 0 Å². The molecule has 0 amide bonds. The minimum absolute atomic E-state index is 0.0294. The topological polar surface area (TPSA) is 42.2 Å². The summed E-state index contributed by atoms with van der Waals surface area (Å²) in [6.07, 6.45) is 0.750. The molecule has 3 heteroatoms. The summed E-state index contributed by atoms with van der Waals surface area (Å²) in [6.45, 7) is 6.18. The van der Waals surface area contributed by atoms with Crippen LogP contribution >= 0.6 is 0 Å². The predicted octanol–water partition coefficient (Wildman–Crippen LogP) is 3.35. The van der Waals surface area contributed by atoms with E-state index in [1.807, 2.05) is 19.1 Å². The van der Waals surface area contributed by atoms with E-state index in [1.165, 1.54) is 0 Å². The highest BCUT2D eigenvalue weighted by Gasteiger charge is 2.16. The van der Waals surface area contributed by atoms with Gasteiger partial charge in [-0.3, -0.25) is 0 Å². The molecule has 0 spiro atoms. The largest absolute Gasteiger partial charge is 0.493 e. The van der Waals surface area contributed by atoms with Gasteiger partial charge in [-0.25, -0.2) is 0 Å². The quantitative estimate of drug-likeness (QED) is 0.801. The summed E-state index contributed by atoms with van der Waals surface area (Å²) in [5.74, 6) is 1.83. The lowest BCUT2D eigenvalue weighted by Crippen LogP contribution is -2.10. The van der Waals surface area contributed by atoms with Crippen LogP contribution < -0.4 is 9.47 Å². The number of hydrogen-bond acceptors (Lipinski definition) is 3. The van der Waals surface area contributed by atoms with Gasteiger partial charge in [0, 0.05) is 0 Å². The van der Waals surface area contributed by atoms with Gasteiger partial charge in [0.15, 0.2) is 11.5 Å². The number of nitrogens with zero attached hydrogens (tertiary/aromatic N) is 1. The second-order valence-electron chi connectivity index (χ2n) is 4.82. The zero-order valence-electron chi connectivity index (χ0n) is 11.8. The van der Waals surface area contributed by atoms with Gasteiger partial charge in [-0.2, -0.15) is 5.26 Å². The summed E-state index contributed by atoms with van der Waals surface area (Å²) >= 11 is 0. The van der Waals surface area contributed by atoms with Crippen molar-refractivity contribution in [2.24, 2.45) is 11.8 Å². The molecule has 98 valence electrons. The Morgan fingerprint density at radius 1 is 1.17 bits per heavy atom. The minimum atomic E-state index is 0.0294. The lowest BCUT2D eigenvalue weighted by molar-refractivity contribution is 0.353. The fraction of sp³-hybridized carbons (Fsp3) is 0.533. The van der Waals surface area contributed by atoms with Gasteiger partial charge in [0.05, 0.1) is 26.2 Å². The third kappa shape index (κ3) is 3.16. The minimum Gasteiger partial charge on any atom is -0.493 e. The number of nitriles is 1. The Bertz CT molecular complexity index is 447. The van der Waals surface area contributed by atoms with Crippen LogP contribution in [0.3, 0.4) is 0 Å².